The van der Waals surface area contributed by atoms with E-state index in [-0.39, 0.29) is 11.8 Å². The van der Waals surface area contributed by atoms with Crippen molar-refractivity contribution in [2.24, 2.45) is 5.73 Å². The number of aromatic nitrogens is 1. The van der Waals surface area contributed by atoms with Crippen LogP contribution < -0.4 is 11.1 Å². The molecule has 1 amide bonds. The third-order valence-corrected chi connectivity index (χ3v) is 5.75. The van der Waals surface area contributed by atoms with E-state index in [1.165, 1.54) is 5.56 Å². The number of nitrogens with two attached hydrogens (primary N) is 1. The maximum Gasteiger partial charge on any atom is 0.242 e. The number of pyridine rings is 1. The lowest BCUT2D eigenvalue weighted by molar-refractivity contribution is -0.117. The number of carbonyl (C=O) groups excluding carboxylic acids is 1. The first-order valence-corrected chi connectivity index (χ1v) is 10.7. The monoisotopic (exact) mass is 421 g/mol. The number of rotatable bonds is 6. The highest BCUT2D eigenvalue weighted by Crippen LogP contribution is 2.29. The molecule has 1 heterocycles. The van der Waals surface area contributed by atoms with Crippen molar-refractivity contribution < 1.29 is 4.79 Å². The van der Waals surface area contributed by atoms with Gasteiger partial charge in [0.15, 0.2) is 0 Å². The van der Waals surface area contributed by atoms with E-state index in [4.69, 9.17) is 5.73 Å². The molecule has 4 aromatic rings. The number of carbonyl (C=O) groups is 1. The van der Waals surface area contributed by atoms with Gasteiger partial charge in [-0.15, -0.1) is 0 Å². The number of anilines is 1. The third kappa shape index (κ3) is 4.61. The van der Waals surface area contributed by atoms with Crippen LogP contribution in [0.4, 0.5) is 5.69 Å². The molecule has 3 N–H and O–H groups in total. The minimum Gasteiger partial charge on any atom is -0.325 e. The van der Waals surface area contributed by atoms with Crippen LogP contribution >= 0.6 is 0 Å². The zero-order valence-corrected chi connectivity index (χ0v) is 18.3. The molecule has 0 unspecified atom stereocenters. The molecule has 0 bridgehead atoms. The van der Waals surface area contributed by atoms with Crippen LogP contribution in [0.25, 0.3) is 11.1 Å². The number of amides is 1. The Morgan fingerprint density at radius 2 is 1.28 bits per heavy atom. The van der Waals surface area contributed by atoms with Crippen LogP contribution in [0, 0.1) is 13.8 Å². The summed E-state index contributed by atoms with van der Waals surface area (Å²) in [6, 6.07) is 27.0. The molecule has 0 aliphatic carbocycles. The quantitative estimate of drug-likeness (QED) is 0.434. The van der Waals surface area contributed by atoms with Crippen molar-refractivity contribution in [2.75, 3.05) is 5.32 Å². The molecule has 32 heavy (non-hydrogen) atoms. The smallest absolute Gasteiger partial charge is 0.242 e. The molecule has 0 aliphatic heterocycles. The van der Waals surface area contributed by atoms with Gasteiger partial charge in [0.05, 0.1) is 6.04 Å². The first-order chi connectivity index (χ1) is 15.5. The Hall–Kier alpha value is -3.76. The summed E-state index contributed by atoms with van der Waals surface area (Å²) in [7, 11) is 0. The Labute approximate surface area is 189 Å². The second kappa shape index (κ2) is 9.58. The Morgan fingerprint density at radius 1 is 0.781 bits per heavy atom. The van der Waals surface area contributed by atoms with Crippen LogP contribution in [-0.2, 0) is 4.79 Å². The fraction of sp³-hybridized carbons (Fsp3) is 0.143. The molecule has 1 atom stereocenters. The molecule has 1 aromatic heterocycles. The molecule has 0 saturated heterocycles. The van der Waals surface area contributed by atoms with Crippen molar-refractivity contribution in [3.63, 3.8) is 0 Å². The normalized spacial score (nSPS) is 11.9. The van der Waals surface area contributed by atoms with E-state index in [1.807, 2.05) is 97.3 Å². The molecule has 160 valence electrons. The molecule has 0 fully saturated rings. The lowest BCUT2D eigenvalue weighted by atomic mass is 9.85. The van der Waals surface area contributed by atoms with Crippen LogP contribution in [-0.4, -0.2) is 16.9 Å². The van der Waals surface area contributed by atoms with E-state index in [0.717, 1.165) is 33.5 Å². The van der Waals surface area contributed by atoms with Crippen molar-refractivity contribution in [1.29, 1.82) is 0 Å². The standard InChI is InChI=1S/C28H27N3O/c1-19-17-30-18-20(2)25(19)23-13-15-24(16-14-23)31-28(32)27(29)26(21-9-5-3-6-10-21)22-11-7-4-8-12-22/h3-18,26-27H,29H2,1-2H3,(H,31,32)/t27-/m0/s1. The summed E-state index contributed by atoms with van der Waals surface area (Å²) < 4.78 is 0. The lowest BCUT2D eigenvalue weighted by Gasteiger charge is -2.24. The summed E-state index contributed by atoms with van der Waals surface area (Å²) in [6.45, 7) is 4.11. The predicted octanol–water partition coefficient (Wildman–Crippen LogP) is 5.46. The van der Waals surface area contributed by atoms with Crippen LogP contribution in [0.15, 0.2) is 97.3 Å². The Balaban J connectivity index is 1.56. The Bertz CT molecular complexity index is 1130. The SMILES string of the molecule is Cc1cncc(C)c1-c1ccc(NC(=O)[C@@H](N)C(c2ccccc2)c2ccccc2)cc1. The number of hydrogen-bond acceptors (Lipinski definition) is 3. The Morgan fingerprint density at radius 3 is 1.78 bits per heavy atom. The van der Waals surface area contributed by atoms with Gasteiger partial charge < -0.3 is 11.1 Å². The molecular weight excluding hydrogens is 394 g/mol. The van der Waals surface area contributed by atoms with E-state index in [2.05, 4.69) is 24.1 Å². The zero-order valence-electron chi connectivity index (χ0n) is 18.3. The second-order valence-corrected chi connectivity index (χ2v) is 8.04. The van der Waals surface area contributed by atoms with Gasteiger partial charge in [-0.05, 0) is 59.4 Å². The van der Waals surface area contributed by atoms with Gasteiger partial charge in [0, 0.05) is 24.0 Å². The summed E-state index contributed by atoms with van der Waals surface area (Å²) in [5.41, 5.74) is 13.8. The molecule has 0 spiro atoms. The first kappa shape index (κ1) is 21.5. The van der Waals surface area contributed by atoms with Gasteiger partial charge in [-0.2, -0.15) is 0 Å². The highest BCUT2D eigenvalue weighted by Gasteiger charge is 2.27. The van der Waals surface area contributed by atoms with Crippen molar-refractivity contribution in [2.45, 2.75) is 25.8 Å². The third-order valence-electron chi connectivity index (χ3n) is 5.75. The van der Waals surface area contributed by atoms with Gasteiger partial charge >= 0.3 is 0 Å². The first-order valence-electron chi connectivity index (χ1n) is 10.7. The average molecular weight is 422 g/mol. The van der Waals surface area contributed by atoms with Gasteiger partial charge in [0.25, 0.3) is 0 Å². The van der Waals surface area contributed by atoms with E-state index in [0.29, 0.717) is 0 Å². The lowest BCUT2D eigenvalue weighted by Crippen LogP contribution is -2.41. The summed E-state index contributed by atoms with van der Waals surface area (Å²) in [4.78, 5) is 17.4. The predicted molar refractivity (Wildman–Crippen MR) is 130 cm³/mol. The van der Waals surface area contributed by atoms with Gasteiger partial charge in [0.2, 0.25) is 5.91 Å². The summed E-state index contributed by atoms with van der Waals surface area (Å²) in [6.07, 6.45) is 3.73. The van der Waals surface area contributed by atoms with Crippen LogP contribution in [0.3, 0.4) is 0 Å². The zero-order chi connectivity index (χ0) is 22.5. The maximum absolute atomic E-state index is 13.1. The van der Waals surface area contributed by atoms with Gasteiger partial charge in [-0.3, -0.25) is 9.78 Å². The molecule has 4 heteroatoms. The van der Waals surface area contributed by atoms with Gasteiger partial charge in [0.1, 0.15) is 0 Å². The topological polar surface area (TPSA) is 68.0 Å². The van der Waals surface area contributed by atoms with Crippen LogP contribution in [0.1, 0.15) is 28.2 Å². The summed E-state index contributed by atoms with van der Waals surface area (Å²) in [5, 5.41) is 2.99. The van der Waals surface area contributed by atoms with Gasteiger partial charge in [-0.1, -0.05) is 72.8 Å². The van der Waals surface area contributed by atoms with E-state index < -0.39 is 6.04 Å². The number of hydrogen-bond donors (Lipinski definition) is 2. The summed E-state index contributed by atoms with van der Waals surface area (Å²) >= 11 is 0. The van der Waals surface area contributed by atoms with Crippen LogP contribution in [0.5, 0.6) is 0 Å². The minimum atomic E-state index is -0.732. The second-order valence-electron chi connectivity index (χ2n) is 8.04. The average Bonchev–Trinajstić information content (AvgIpc) is 2.81. The van der Waals surface area contributed by atoms with Crippen molar-refractivity contribution in [1.82, 2.24) is 4.98 Å². The molecule has 0 aliphatic rings. The van der Waals surface area contributed by atoms with Gasteiger partial charge in [-0.25, -0.2) is 0 Å². The van der Waals surface area contributed by atoms with E-state index in [1.54, 1.807) is 0 Å². The number of nitrogens with zero attached hydrogens (tertiary/aromatic N) is 1. The number of aryl methyl sites for hydroxylation is 2. The van der Waals surface area contributed by atoms with E-state index >= 15 is 0 Å². The fourth-order valence-electron chi connectivity index (χ4n) is 4.18. The highest BCUT2D eigenvalue weighted by molar-refractivity contribution is 5.96. The maximum atomic E-state index is 13.1. The summed E-state index contributed by atoms with van der Waals surface area (Å²) in [5.74, 6) is -0.453. The Kier molecular flexibility index (Phi) is 6.43. The number of nitrogens with one attached hydrogen (secondary N) is 1. The molecular formula is C28H27N3O. The van der Waals surface area contributed by atoms with Crippen molar-refractivity contribution >= 4 is 11.6 Å². The molecule has 0 radical (unpaired) electrons. The molecule has 4 nitrogen and oxygen atoms in total. The van der Waals surface area contributed by atoms with E-state index in [9.17, 15) is 4.79 Å². The highest BCUT2D eigenvalue weighted by atomic mass is 16.2. The molecule has 4 rings (SSSR count). The molecule has 0 saturated carbocycles. The number of benzene rings is 3. The van der Waals surface area contributed by atoms with Crippen molar-refractivity contribution in [3.8, 4) is 11.1 Å². The fourth-order valence-corrected chi connectivity index (χ4v) is 4.18. The van der Waals surface area contributed by atoms with Crippen LogP contribution in [0.2, 0.25) is 0 Å². The van der Waals surface area contributed by atoms with Crippen molar-refractivity contribution in [3.05, 3.63) is 120 Å². The molecule has 3 aromatic carbocycles. The minimum absolute atomic E-state index is 0.216. The largest absolute Gasteiger partial charge is 0.325 e.